The molecule has 1 aromatic rings. The zero-order valence-corrected chi connectivity index (χ0v) is 9.39. The van der Waals surface area contributed by atoms with Gasteiger partial charge < -0.3 is 0 Å². The molecule has 1 aromatic heterocycles. The number of nitrogens with two attached hydrogens (primary N) is 1. The standard InChI is InChI=1S/C12H18N4/c13-16-12(11-7-8-14-15-9-11)10-5-3-1-2-4-6-10/h5,7-9,12,16H,1-4,6,13H2. The van der Waals surface area contributed by atoms with E-state index in [1.165, 1.54) is 24.8 Å². The van der Waals surface area contributed by atoms with Crippen LogP contribution in [0.15, 0.2) is 30.1 Å². The van der Waals surface area contributed by atoms with Gasteiger partial charge in [0.1, 0.15) is 0 Å². The van der Waals surface area contributed by atoms with Crippen molar-refractivity contribution in [2.24, 2.45) is 5.84 Å². The first-order valence-electron chi connectivity index (χ1n) is 5.83. The molecule has 1 unspecified atom stereocenters. The Kier molecular flexibility index (Phi) is 4.02. The highest BCUT2D eigenvalue weighted by Gasteiger charge is 2.16. The largest absolute Gasteiger partial charge is 0.271 e. The first-order valence-corrected chi connectivity index (χ1v) is 5.83. The first kappa shape index (κ1) is 11.2. The number of nitrogens with one attached hydrogen (secondary N) is 1. The average Bonchev–Trinajstić information content (AvgIpc) is 2.61. The van der Waals surface area contributed by atoms with E-state index in [1.807, 2.05) is 6.07 Å². The lowest BCUT2D eigenvalue weighted by Gasteiger charge is -2.19. The Balaban J connectivity index is 2.18. The van der Waals surface area contributed by atoms with E-state index < -0.39 is 0 Å². The molecule has 0 radical (unpaired) electrons. The third-order valence-corrected chi connectivity index (χ3v) is 3.05. The second-order valence-electron chi connectivity index (χ2n) is 4.15. The average molecular weight is 218 g/mol. The number of allylic oxidation sites excluding steroid dienone is 1. The van der Waals surface area contributed by atoms with Gasteiger partial charge in [-0.2, -0.15) is 10.2 Å². The molecule has 86 valence electrons. The van der Waals surface area contributed by atoms with Gasteiger partial charge in [-0.1, -0.05) is 18.1 Å². The van der Waals surface area contributed by atoms with Crippen molar-refractivity contribution in [3.63, 3.8) is 0 Å². The number of hydrogen-bond acceptors (Lipinski definition) is 4. The highest BCUT2D eigenvalue weighted by Crippen LogP contribution is 2.27. The molecule has 16 heavy (non-hydrogen) atoms. The first-order chi connectivity index (χ1) is 7.92. The number of rotatable bonds is 3. The topological polar surface area (TPSA) is 63.8 Å². The van der Waals surface area contributed by atoms with Crippen molar-refractivity contribution in [2.45, 2.75) is 38.1 Å². The molecule has 0 spiro atoms. The van der Waals surface area contributed by atoms with Crippen LogP contribution in [-0.4, -0.2) is 10.2 Å². The summed E-state index contributed by atoms with van der Waals surface area (Å²) in [4.78, 5) is 0. The predicted octanol–water partition coefficient (Wildman–Crippen LogP) is 1.87. The maximum Gasteiger partial charge on any atom is 0.0686 e. The minimum Gasteiger partial charge on any atom is -0.271 e. The van der Waals surface area contributed by atoms with Gasteiger partial charge in [-0.3, -0.25) is 5.84 Å². The summed E-state index contributed by atoms with van der Waals surface area (Å²) in [5.74, 6) is 5.65. The van der Waals surface area contributed by atoms with E-state index in [0.29, 0.717) is 0 Å². The van der Waals surface area contributed by atoms with Gasteiger partial charge in [0.05, 0.1) is 12.2 Å². The lowest BCUT2D eigenvalue weighted by atomic mass is 9.97. The fourth-order valence-corrected chi connectivity index (χ4v) is 2.19. The zero-order valence-electron chi connectivity index (χ0n) is 9.39. The summed E-state index contributed by atoms with van der Waals surface area (Å²) >= 11 is 0. The minimum atomic E-state index is 0.0913. The maximum atomic E-state index is 5.65. The van der Waals surface area contributed by atoms with Crippen LogP contribution in [0, 0.1) is 0 Å². The van der Waals surface area contributed by atoms with Crippen molar-refractivity contribution in [3.05, 3.63) is 35.7 Å². The van der Waals surface area contributed by atoms with Crippen LogP contribution in [0.5, 0.6) is 0 Å². The van der Waals surface area contributed by atoms with Gasteiger partial charge in [0.25, 0.3) is 0 Å². The second-order valence-corrected chi connectivity index (χ2v) is 4.15. The Morgan fingerprint density at radius 3 is 2.94 bits per heavy atom. The van der Waals surface area contributed by atoms with Crippen LogP contribution in [-0.2, 0) is 0 Å². The minimum absolute atomic E-state index is 0.0913. The zero-order chi connectivity index (χ0) is 11.2. The van der Waals surface area contributed by atoms with Gasteiger partial charge in [0.15, 0.2) is 0 Å². The number of aromatic nitrogens is 2. The van der Waals surface area contributed by atoms with Crippen molar-refractivity contribution in [1.82, 2.24) is 15.6 Å². The van der Waals surface area contributed by atoms with Crippen molar-refractivity contribution < 1.29 is 0 Å². The third-order valence-electron chi connectivity index (χ3n) is 3.05. The lowest BCUT2D eigenvalue weighted by Crippen LogP contribution is -2.29. The monoisotopic (exact) mass is 218 g/mol. The van der Waals surface area contributed by atoms with E-state index in [-0.39, 0.29) is 6.04 Å². The molecule has 1 atom stereocenters. The van der Waals surface area contributed by atoms with Gasteiger partial charge in [0, 0.05) is 6.20 Å². The Morgan fingerprint density at radius 2 is 2.19 bits per heavy atom. The summed E-state index contributed by atoms with van der Waals surface area (Å²) < 4.78 is 0. The normalized spacial score (nSPS) is 18.7. The number of hydrogen-bond donors (Lipinski definition) is 2. The molecule has 0 aromatic carbocycles. The van der Waals surface area contributed by atoms with E-state index in [4.69, 9.17) is 5.84 Å². The molecule has 4 heteroatoms. The SMILES string of the molecule is NNC(C1=CCCCCC1)c1ccnnc1. The second kappa shape index (κ2) is 5.72. The van der Waals surface area contributed by atoms with Crippen LogP contribution in [0.2, 0.25) is 0 Å². The predicted molar refractivity (Wildman–Crippen MR) is 63.3 cm³/mol. The van der Waals surface area contributed by atoms with Gasteiger partial charge >= 0.3 is 0 Å². The molecule has 4 nitrogen and oxygen atoms in total. The molecule has 0 bridgehead atoms. The van der Waals surface area contributed by atoms with Gasteiger partial charge in [-0.15, -0.1) is 0 Å². The van der Waals surface area contributed by atoms with E-state index >= 15 is 0 Å². The fraction of sp³-hybridized carbons (Fsp3) is 0.500. The summed E-state index contributed by atoms with van der Waals surface area (Å²) in [6, 6.07) is 2.05. The van der Waals surface area contributed by atoms with Gasteiger partial charge in [-0.05, 0) is 37.3 Å². The fourth-order valence-electron chi connectivity index (χ4n) is 2.19. The third kappa shape index (κ3) is 2.65. The van der Waals surface area contributed by atoms with E-state index in [9.17, 15) is 0 Å². The molecule has 2 rings (SSSR count). The van der Waals surface area contributed by atoms with Crippen LogP contribution < -0.4 is 11.3 Å². The quantitative estimate of drug-likeness (QED) is 0.462. The van der Waals surface area contributed by atoms with Crippen molar-refractivity contribution in [1.29, 1.82) is 0 Å². The van der Waals surface area contributed by atoms with E-state index in [2.05, 4.69) is 21.7 Å². The van der Waals surface area contributed by atoms with Gasteiger partial charge in [-0.25, -0.2) is 5.43 Å². The molecule has 3 N–H and O–H groups in total. The smallest absolute Gasteiger partial charge is 0.0686 e. The molecule has 1 heterocycles. The van der Waals surface area contributed by atoms with Crippen LogP contribution >= 0.6 is 0 Å². The van der Waals surface area contributed by atoms with Crippen LogP contribution in [0.3, 0.4) is 0 Å². The molecule has 0 amide bonds. The molecular weight excluding hydrogens is 200 g/mol. The van der Waals surface area contributed by atoms with Crippen molar-refractivity contribution >= 4 is 0 Å². The van der Waals surface area contributed by atoms with Crippen molar-refractivity contribution in [2.75, 3.05) is 0 Å². The Morgan fingerprint density at radius 1 is 1.25 bits per heavy atom. The summed E-state index contributed by atoms with van der Waals surface area (Å²) in [6.45, 7) is 0. The number of nitrogens with zero attached hydrogens (tertiary/aromatic N) is 2. The Hall–Kier alpha value is -1.26. The molecule has 0 fully saturated rings. The molecule has 1 aliphatic carbocycles. The summed E-state index contributed by atoms with van der Waals surface area (Å²) in [7, 11) is 0. The molecule has 0 saturated carbocycles. The molecular formula is C12H18N4. The lowest BCUT2D eigenvalue weighted by molar-refractivity contribution is 0.589. The molecule has 1 aliphatic rings. The van der Waals surface area contributed by atoms with E-state index in [1.54, 1.807) is 12.4 Å². The van der Waals surface area contributed by atoms with Crippen LogP contribution in [0.25, 0.3) is 0 Å². The Labute approximate surface area is 95.9 Å². The number of hydrazine groups is 1. The highest BCUT2D eigenvalue weighted by molar-refractivity contribution is 5.25. The van der Waals surface area contributed by atoms with Crippen molar-refractivity contribution in [3.8, 4) is 0 Å². The Bertz CT molecular complexity index is 347. The molecule has 0 saturated heterocycles. The summed E-state index contributed by atoms with van der Waals surface area (Å²) in [6.07, 6.45) is 11.9. The van der Waals surface area contributed by atoms with Gasteiger partial charge in [0.2, 0.25) is 0 Å². The van der Waals surface area contributed by atoms with Crippen LogP contribution in [0.1, 0.15) is 43.7 Å². The summed E-state index contributed by atoms with van der Waals surface area (Å²) in [5, 5.41) is 7.69. The highest BCUT2D eigenvalue weighted by atomic mass is 15.2. The van der Waals surface area contributed by atoms with Crippen LogP contribution in [0.4, 0.5) is 0 Å². The maximum absolute atomic E-state index is 5.65. The summed E-state index contributed by atoms with van der Waals surface area (Å²) in [5.41, 5.74) is 5.35. The van der Waals surface area contributed by atoms with E-state index in [0.717, 1.165) is 18.4 Å². The molecule has 0 aliphatic heterocycles.